The number of nitrogens with zero attached hydrogens (tertiary/aromatic N) is 3. The molecule has 3 rings (SSSR count). The highest BCUT2D eigenvalue weighted by Crippen LogP contribution is 2.30. The molecular formula is C19H20ClN5O2. The van der Waals surface area contributed by atoms with E-state index in [4.69, 9.17) is 16.3 Å². The lowest BCUT2D eigenvalue weighted by Crippen LogP contribution is -2.36. The zero-order valence-corrected chi connectivity index (χ0v) is 15.9. The third kappa shape index (κ3) is 4.30. The number of hydrogen-bond donors (Lipinski definition) is 2. The Balaban J connectivity index is 1.88. The number of carbonyl (C=O) groups excluding carboxylic acids is 1. The Morgan fingerprint density at radius 1 is 1.41 bits per heavy atom. The molecule has 1 aliphatic heterocycles. The van der Waals surface area contributed by atoms with Gasteiger partial charge in [0.1, 0.15) is 11.6 Å². The van der Waals surface area contributed by atoms with Crippen LogP contribution in [0.2, 0.25) is 5.02 Å². The highest BCUT2D eigenvalue weighted by molar-refractivity contribution is 6.31. The standard InChI is InChI=1S/C19H20ClN5O2/c1-12-16(13(2)24-23-12)9-14(11-21)19(26)22-17-10-15(20)3-4-18(17)25-5-7-27-8-6-25/h3-4,9-10H,5-8H2,1-2H3,(H,22,26)(H,23,24)/b14-9+. The number of nitriles is 1. The molecule has 7 nitrogen and oxygen atoms in total. The van der Waals surface area contributed by atoms with Crippen LogP contribution in [0.15, 0.2) is 23.8 Å². The first-order valence-electron chi connectivity index (χ1n) is 8.56. The van der Waals surface area contributed by atoms with Gasteiger partial charge in [0, 0.05) is 29.4 Å². The fourth-order valence-corrected chi connectivity index (χ4v) is 3.12. The topological polar surface area (TPSA) is 94.0 Å². The van der Waals surface area contributed by atoms with Crippen LogP contribution in [0, 0.1) is 25.2 Å². The van der Waals surface area contributed by atoms with Gasteiger partial charge in [-0.05, 0) is 38.1 Å². The Hall–Kier alpha value is -2.82. The number of hydrogen-bond acceptors (Lipinski definition) is 5. The van der Waals surface area contributed by atoms with Gasteiger partial charge in [-0.25, -0.2) is 0 Å². The number of aryl methyl sites for hydroxylation is 2. The molecule has 1 saturated heterocycles. The molecule has 1 aromatic carbocycles. The summed E-state index contributed by atoms with van der Waals surface area (Å²) >= 11 is 6.12. The van der Waals surface area contributed by atoms with Gasteiger partial charge in [-0.2, -0.15) is 10.4 Å². The predicted molar refractivity (Wildman–Crippen MR) is 105 cm³/mol. The van der Waals surface area contributed by atoms with Crippen molar-refractivity contribution in [3.63, 3.8) is 0 Å². The van der Waals surface area contributed by atoms with Gasteiger partial charge in [-0.3, -0.25) is 9.89 Å². The number of H-pyrrole nitrogens is 1. The number of rotatable bonds is 4. The lowest BCUT2D eigenvalue weighted by Gasteiger charge is -2.30. The van der Waals surface area contributed by atoms with Crippen LogP contribution in [0.4, 0.5) is 11.4 Å². The molecule has 0 bridgehead atoms. The van der Waals surface area contributed by atoms with E-state index in [-0.39, 0.29) is 5.57 Å². The Kier molecular flexibility index (Phi) is 5.79. The van der Waals surface area contributed by atoms with E-state index >= 15 is 0 Å². The number of aromatic nitrogens is 2. The highest BCUT2D eigenvalue weighted by atomic mass is 35.5. The molecular weight excluding hydrogens is 366 g/mol. The fourth-order valence-electron chi connectivity index (χ4n) is 2.94. The van der Waals surface area contributed by atoms with Crippen molar-refractivity contribution in [1.29, 1.82) is 5.26 Å². The molecule has 2 N–H and O–H groups in total. The van der Waals surface area contributed by atoms with Crippen LogP contribution in [0.5, 0.6) is 0 Å². The molecule has 1 aliphatic rings. The SMILES string of the molecule is Cc1n[nH]c(C)c1/C=C(\C#N)C(=O)Nc1cc(Cl)ccc1N1CCOCC1. The zero-order valence-electron chi connectivity index (χ0n) is 15.2. The molecule has 0 aliphatic carbocycles. The maximum atomic E-state index is 12.7. The van der Waals surface area contributed by atoms with Crippen molar-refractivity contribution in [2.24, 2.45) is 0 Å². The Bertz CT molecular complexity index is 903. The molecule has 0 atom stereocenters. The Labute approximate surface area is 162 Å². The maximum absolute atomic E-state index is 12.7. The van der Waals surface area contributed by atoms with Crippen LogP contribution in [-0.4, -0.2) is 42.4 Å². The molecule has 0 spiro atoms. The zero-order chi connectivity index (χ0) is 19.4. The normalized spacial score (nSPS) is 14.7. The van der Waals surface area contributed by atoms with Crippen molar-refractivity contribution in [2.75, 3.05) is 36.5 Å². The first-order chi connectivity index (χ1) is 13.0. The van der Waals surface area contributed by atoms with E-state index in [2.05, 4.69) is 20.4 Å². The molecule has 1 amide bonds. The van der Waals surface area contributed by atoms with Crippen LogP contribution in [-0.2, 0) is 9.53 Å². The first-order valence-corrected chi connectivity index (χ1v) is 8.94. The predicted octanol–water partition coefficient (Wildman–Crippen LogP) is 3.06. The quantitative estimate of drug-likeness (QED) is 0.623. The van der Waals surface area contributed by atoms with Crippen molar-refractivity contribution >= 4 is 35.0 Å². The second kappa shape index (κ2) is 8.25. The monoisotopic (exact) mass is 385 g/mol. The number of benzene rings is 1. The molecule has 2 heterocycles. The van der Waals surface area contributed by atoms with Crippen LogP contribution < -0.4 is 10.2 Å². The molecule has 1 aromatic heterocycles. The average molecular weight is 386 g/mol. The number of halogens is 1. The number of anilines is 2. The number of ether oxygens (including phenoxy) is 1. The van der Waals surface area contributed by atoms with Crippen molar-refractivity contribution < 1.29 is 9.53 Å². The lowest BCUT2D eigenvalue weighted by molar-refractivity contribution is -0.112. The minimum atomic E-state index is -0.491. The smallest absolute Gasteiger partial charge is 0.266 e. The summed E-state index contributed by atoms with van der Waals surface area (Å²) in [5, 5.41) is 19.7. The number of aromatic amines is 1. The Morgan fingerprint density at radius 2 is 2.15 bits per heavy atom. The maximum Gasteiger partial charge on any atom is 0.266 e. The summed E-state index contributed by atoms with van der Waals surface area (Å²) in [5.41, 5.74) is 3.67. The van der Waals surface area contributed by atoms with E-state index in [0.29, 0.717) is 23.9 Å². The molecule has 0 radical (unpaired) electrons. The molecule has 8 heteroatoms. The van der Waals surface area contributed by atoms with Gasteiger partial charge < -0.3 is 15.0 Å². The fraction of sp³-hybridized carbons (Fsp3) is 0.316. The van der Waals surface area contributed by atoms with Gasteiger partial charge in [0.2, 0.25) is 0 Å². The largest absolute Gasteiger partial charge is 0.378 e. The average Bonchev–Trinajstić information content (AvgIpc) is 2.98. The van der Waals surface area contributed by atoms with Crippen molar-refractivity contribution in [3.05, 3.63) is 45.7 Å². The number of amides is 1. The summed E-state index contributed by atoms with van der Waals surface area (Å²) < 4.78 is 5.39. The summed E-state index contributed by atoms with van der Waals surface area (Å²) in [5.74, 6) is -0.491. The van der Waals surface area contributed by atoms with Gasteiger partial charge in [-0.1, -0.05) is 11.6 Å². The van der Waals surface area contributed by atoms with Gasteiger partial charge in [0.05, 0.1) is 30.3 Å². The molecule has 0 saturated carbocycles. The van der Waals surface area contributed by atoms with Crippen molar-refractivity contribution in [2.45, 2.75) is 13.8 Å². The summed E-state index contributed by atoms with van der Waals surface area (Å²) in [6, 6.07) is 7.30. The van der Waals surface area contributed by atoms with E-state index in [1.165, 1.54) is 0 Å². The highest BCUT2D eigenvalue weighted by Gasteiger charge is 2.18. The van der Waals surface area contributed by atoms with Crippen molar-refractivity contribution in [3.8, 4) is 6.07 Å². The minimum Gasteiger partial charge on any atom is -0.378 e. The van der Waals surface area contributed by atoms with Gasteiger partial charge >= 0.3 is 0 Å². The summed E-state index contributed by atoms with van der Waals surface area (Å²) in [7, 11) is 0. The number of carbonyl (C=O) groups is 1. The van der Waals surface area contributed by atoms with E-state index in [1.54, 1.807) is 18.2 Å². The third-order valence-electron chi connectivity index (χ3n) is 4.40. The van der Waals surface area contributed by atoms with Gasteiger partial charge in [0.15, 0.2) is 0 Å². The van der Waals surface area contributed by atoms with Crippen LogP contribution >= 0.6 is 11.6 Å². The summed E-state index contributed by atoms with van der Waals surface area (Å²) in [4.78, 5) is 14.8. The molecule has 2 aromatic rings. The minimum absolute atomic E-state index is 0.00416. The van der Waals surface area contributed by atoms with E-state index in [9.17, 15) is 10.1 Å². The second-order valence-electron chi connectivity index (χ2n) is 6.23. The van der Waals surface area contributed by atoms with Crippen molar-refractivity contribution in [1.82, 2.24) is 10.2 Å². The molecule has 1 fully saturated rings. The van der Waals surface area contributed by atoms with E-state index in [0.717, 1.165) is 35.7 Å². The molecule has 140 valence electrons. The second-order valence-corrected chi connectivity index (χ2v) is 6.67. The van der Waals surface area contributed by atoms with Gasteiger partial charge in [-0.15, -0.1) is 0 Å². The van der Waals surface area contributed by atoms with Crippen LogP contribution in [0.3, 0.4) is 0 Å². The Morgan fingerprint density at radius 3 is 2.78 bits per heavy atom. The molecule has 0 unspecified atom stereocenters. The van der Waals surface area contributed by atoms with E-state index in [1.807, 2.05) is 26.0 Å². The van der Waals surface area contributed by atoms with Crippen LogP contribution in [0.25, 0.3) is 6.08 Å². The summed E-state index contributed by atoms with van der Waals surface area (Å²) in [6.45, 7) is 6.34. The number of nitrogens with one attached hydrogen (secondary N) is 2. The third-order valence-corrected chi connectivity index (χ3v) is 4.63. The first kappa shape index (κ1) is 19.0. The van der Waals surface area contributed by atoms with E-state index < -0.39 is 5.91 Å². The summed E-state index contributed by atoms with van der Waals surface area (Å²) in [6.07, 6.45) is 1.54. The van der Waals surface area contributed by atoms with Gasteiger partial charge in [0.25, 0.3) is 5.91 Å². The lowest BCUT2D eigenvalue weighted by atomic mass is 10.1. The molecule has 27 heavy (non-hydrogen) atoms. The van der Waals surface area contributed by atoms with Crippen LogP contribution in [0.1, 0.15) is 17.0 Å². The number of morpholine rings is 1.